The Morgan fingerprint density at radius 2 is 2.00 bits per heavy atom. The second-order valence-electron chi connectivity index (χ2n) is 6.50. The summed E-state index contributed by atoms with van der Waals surface area (Å²) >= 11 is 1.16. The fraction of sp³-hybridized carbons (Fsp3) is 0.300. The Balaban J connectivity index is 2.15. The first-order chi connectivity index (χ1) is 13.4. The van der Waals surface area contributed by atoms with Gasteiger partial charge in [-0.25, -0.2) is 13.8 Å². The first-order valence-electron chi connectivity index (χ1n) is 8.90. The van der Waals surface area contributed by atoms with Crippen molar-refractivity contribution in [2.24, 2.45) is 10.8 Å². The molecule has 0 bridgehead atoms. The van der Waals surface area contributed by atoms with Gasteiger partial charge in [0.25, 0.3) is 5.91 Å². The van der Waals surface area contributed by atoms with Crippen LogP contribution in [0.25, 0.3) is 0 Å². The van der Waals surface area contributed by atoms with Crippen molar-refractivity contribution in [1.82, 2.24) is 5.01 Å². The SMILES string of the molecule is C[C@@H](O)C(=O)N1N=C(c2cc(F)ccc2F)SC1(CCCN)c1ccccc1. The lowest BCUT2D eigenvalue weighted by molar-refractivity contribution is -0.143. The molecule has 2 aromatic carbocycles. The maximum Gasteiger partial charge on any atom is 0.272 e. The molecule has 148 valence electrons. The van der Waals surface area contributed by atoms with Crippen molar-refractivity contribution in [2.75, 3.05) is 6.54 Å². The molecule has 1 heterocycles. The number of carbonyl (C=O) groups excluding carboxylic acids is 1. The Labute approximate surface area is 166 Å². The molecule has 3 N–H and O–H groups in total. The maximum atomic E-state index is 14.4. The van der Waals surface area contributed by atoms with Crippen molar-refractivity contribution in [2.45, 2.75) is 30.7 Å². The molecule has 0 aliphatic carbocycles. The highest BCUT2D eigenvalue weighted by molar-refractivity contribution is 8.15. The molecule has 2 aromatic rings. The van der Waals surface area contributed by atoms with Crippen LogP contribution in [0.15, 0.2) is 53.6 Å². The van der Waals surface area contributed by atoms with Crippen molar-refractivity contribution in [3.63, 3.8) is 0 Å². The van der Waals surface area contributed by atoms with Gasteiger partial charge < -0.3 is 10.8 Å². The number of nitrogens with two attached hydrogens (primary N) is 1. The van der Waals surface area contributed by atoms with Gasteiger partial charge in [-0.1, -0.05) is 42.1 Å². The highest BCUT2D eigenvalue weighted by Gasteiger charge is 2.49. The van der Waals surface area contributed by atoms with Gasteiger partial charge in [-0.3, -0.25) is 4.79 Å². The van der Waals surface area contributed by atoms with Crippen molar-refractivity contribution in [3.8, 4) is 0 Å². The molecule has 8 heteroatoms. The zero-order valence-corrected chi connectivity index (χ0v) is 16.1. The Morgan fingerprint density at radius 3 is 2.64 bits per heavy atom. The first-order valence-corrected chi connectivity index (χ1v) is 9.71. The van der Waals surface area contributed by atoms with Crippen molar-refractivity contribution in [3.05, 3.63) is 71.3 Å². The summed E-state index contributed by atoms with van der Waals surface area (Å²) in [7, 11) is 0. The van der Waals surface area contributed by atoms with E-state index in [2.05, 4.69) is 5.10 Å². The molecule has 1 unspecified atom stereocenters. The molecule has 0 saturated carbocycles. The second kappa shape index (κ2) is 8.38. The zero-order valence-electron chi connectivity index (χ0n) is 15.3. The molecule has 2 atom stereocenters. The van der Waals surface area contributed by atoms with Gasteiger partial charge in [-0.05, 0) is 50.1 Å². The Morgan fingerprint density at radius 1 is 1.29 bits per heavy atom. The summed E-state index contributed by atoms with van der Waals surface area (Å²) < 4.78 is 28.1. The molecule has 5 nitrogen and oxygen atoms in total. The minimum Gasteiger partial charge on any atom is -0.383 e. The van der Waals surface area contributed by atoms with Crippen LogP contribution in [0, 0.1) is 11.6 Å². The van der Waals surface area contributed by atoms with Crippen LogP contribution in [0.3, 0.4) is 0 Å². The predicted molar refractivity (Wildman–Crippen MR) is 105 cm³/mol. The van der Waals surface area contributed by atoms with Gasteiger partial charge in [0.2, 0.25) is 0 Å². The number of nitrogens with zero attached hydrogens (tertiary/aromatic N) is 2. The lowest BCUT2D eigenvalue weighted by Crippen LogP contribution is -2.45. The number of hydrogen-bond donors (Lipinski definition) is 2. The average Bonchev–Trinajstić information content (AvgIpc) is 3.08. The lowest BCUT2D eigenvalue weighted by Gasteiger charge is -2.36. The smallest absolute Gasteiger partial charge is 0.272 e. The largest absolute Gasteiger partial charge is 0.383 e. The molecule has 0 spiro atoms. The number of aliphatic hydroxyl groups excluding tert-OH is 1. The van der Waals surface area contributed by atoms with Crippen LogP contribution in [0.2, 0.25) is 0 Å². The van der Waals surface area contributed by atoms with E-state index in [0.29, 0.717) is 19.4 Å². The molecule has 0 radical (unpaired) electrons. The summed E-state index contributed by atoms with van der Waals surface area (Å²) in [5.74, 6) is -1.87. The van der Waals surface area contributed by atoms with E-state index in [-0.39, 0.29) is 10.6 Å². The van der Waals surface area contributed by atoms with Crippen molar-refractivity contribution in [1.29, 1.82) is 0 Å². The molecule has 1 aliphatic rings. The van der Waals surface area contributed by atoms with Crippen LogP contribution in [0.1, 0.15) is 30.9 Å². The second-order valence-corrected chi connectivity index (χ2v) is 7.77. The van der Waals surface area contributed by atoms with Gasteiger partial charge in [0.15, 0.2) is 0 Å². The lowest BCUT2D eigenvalue weighted by atomic mass is 10.00. The number of benzene rings is 2. The van der Waals surface area contributed by atoms with E-state index in [1.807, 2.05) is 30.3 Å². The van der Waals surface area contributed by atoms with E-state index in [1.165, 1.54) is 11.9 Å². The van der Waals surface area contributed by atoms with E-state index in [9.17, 15) is 18.7 Å². The van der Waals surface area contributed by atoms with Gasteiger partial charge in [0.05, 0.1) is 0 Å². The zero-order chi connectivity index (χ0) is 20.3. The van der Waals surface area contributed by atoms with Crippen molar-refractivity contribution < 1.29 is 18.7 Å². The number of rotatable bonds is 6. The standard InChI is InChI=1S/C20H21F2N3O2S/c1-13(26)19(27)25-20(10-5-11-23,14-6-3-2-4-7-14)28-18(24-25)16-12-15(21)8-9-17(16)22/h2-4,6-9,12-13,26H,5,10-11,23H2,1H3/t13-,20?/m1/s1. The highest BCUT2D eigenvalue weighted by Crippen LogP contribution is 2.50. The van der Waals surface area contributed by atoms with Crippen LogP contribution < -0.4 is 5.73 Å². The molecular formula is C20H21F2N3O2S. The molecular weight excluding hydrogens is 384 g/mol. The van der Waals surface area contributed by atoms with Gasteiger partial charge in [-0.15, -0.1) is 0 Å². The summed E-state index contributed by atoms with van der Waals surface area (Å²) in [6, 6.07) is 12.3. The number of amides is 1. The summed E-state index contributed by atoms with van der Waals surface area (Å²) in [4.78, 5) is 11.8. The van der Waals surface area contributed by atoms with Crippen molar-refractivity contribution >= 4 is 22.7 Å². The quantitative estimate of drug-likeness (QED) is 0.774. The summed E-state index contributed by atoms with van der Waals surface area (Å²) in [5.41, 5.74) is 6.44. The van der Waals surface area contributed by atoms with E-state index >= 15 is 0 Å². The van der Waals surface area contributed by atoms with E-state index < -0.39 is 28.5 Å². The number of aliphatic hydroxyl groups is 1. The van der Waals surface area contributed by atoms with Crippen LogP contribution in [-0.2, 0) is 9.67 Å². The highest BCUT2D eigenvalue weighted by atomic mass is 32.2. The molecule has 28 heavy (non-hydrogen) atoms. The molecule has 3 rings (SSSR count). The van der Waals surface area contributed by atoms with Crippen LogP contribution in [0.5, 0.6) is 0 Å². The monoisotopic (exact) mass is 405 g/mol. The van der Waals surface area contributed by atoms with Gasteiger partial charge in [0, 0.05) is 5.56 Å². The van der Waals surface area contributed by atoms with Crippen LogP contribution >= 0.6 is 11.8 Å². The minimum atomic E-state index is -1.30. The number of thioether (sulfide) groups is 1. The number of hydrazone groups is 1. The fourth-order valence-corrected chi connectivity index (χ4v) is 4.52. The summed E-state index contributed by atoms with van der Waals surface area (Å²) in [6.07, 6.45) is -0.303. The number of carbonyl (C=O) groups is 1. The summed E-state index contributed by atoms with van der Waals surface area (Å²) in [5, 5.41) is 15.6. The first kappa shape index (κ1) is 20.4. The van der Waals surface area contributed by atoms with Gasteiger partial charge in [0.1, 0.15) is 27.7 Å². The van der Waals surface area contributed by atoms with Gasteiger partial charge >= 0.3 is 0 Å². The third kappa shape index (κ3) is 3.80. The molecule has 0 aromatic heterocycles. The fourth-order valence-electron chi connectivity index (χ4n) is 3.09. The average molecular weight is 405 g/mol. The normalized spacial score (nSPS) is 20.2. The third-order valence-electron chi connectivity index (χ3n) is 4.47. The predicted octanol–water partition coefficient (Wildman–Crippen LogP) is 3.17. The Bertz CT molecular complexity index is 892. The molecule has 1 aliphatic heterocycles. The number of halogens is 2. The topological polar surface area (TPSA) is 78.9 Å². The van der Waals surface area contributed by atoms with E-state index in [4.69, 9.17) is 5.73 Å². The van der Waals surface area contributed by atoms with E-state index in [1.54, 1.807) is 0 Å². The Hall–Kier alpha value is -2.29. The van der Waals surface area contributed by atoms with Crippen LogP contribution in [-0.4, -0.2) is 33.7 Å². The third-order valence-corrected chi connectivity index (χ3v) is 5.91. The molecule has 0 saturated heterocycles. The minimum absolute atomic E-state index is 0.0288. The Kier molecular flexibility index (Phi) is 6.12. The van der Waals surface area contributed by atoms with E-state index in [0.717, 1.165) is 35.5 Å². The molecule has 1 amide bonds. The summed E-state index contributed by atoms with van der Waals surface area (Å²) in [6.45, 7) is 1.73. The van der Waals surface area contributed by atoms with Gasteiger partial charge in [-0.2, -0.15) is 5.10 Å². The maximum absolute atomic E-state index is 14.4. The molecule has 0 fully saturated rings. The van der Waals surface area contributed by atoms with Crippen LogP contribution in [0.4, 0.5) is 8.78 Å². The number of hydrogen-bond acceptors (Lipinski definition) is 5.